The highest BCUT2D eigenvalue weighted by molar-refractivity contribution is 7.21. The predicted octanol–water partition coefficient (Wildman–Crippen LogP) is 4.59. The molecule has 0 saturated carbocycles. The van der Waals surface area contributed by atoms with E-state index in [0.29, 0.717) is 5.69 Å². The van der Waals surface area contributed by atoms with Crippen molar-refractivity contribution in [2.24, 2.45) is 0 Å². The summed E-state index contributed by atoms with van der Waals surface area (Å²) in [6.07, 6.45) is 6.51. The van der Waals surface area contributed by atoms with Crippen LogP contribution in [0.4, 0.5) is 10.1 Å². The molecule has 0 amide bonds. The molecule has 0 atom stereocenters. The third-order valence-electron chi connectivity index (χ3n) is 4.63. The topological polar surface area (TPSA) is 68.7 Å². The number of methoxy groups -OCH3 is 2. The summed E-state index contributed by atoms with van der Waals surface area (Å²) in [5, 5.41) is 0.749. The Morgan fingerprint density at radius 2 is 1.74 bits per heavy atom. The van der Waals surface area contributed by atoms with Crippen molar-refractivity contribution in [2.45, 2.75) is 0 Å². The second-order valence-electron chi connectivity index (χ2n) is 6.49. The number of thiazole rings is 1. The minimum atomic E-state index is -0.672. The number of anilines is 1. The number of benzene rings is 2. The molecule has 1 aliphatic heterocycles. The average molecular weight is 436 g/mol. The monoisotopic (exact) mass is 436 g/mol. The second kappa shape index (κ2) is 8.53. The molecule has 2 aromatic carbocycles. The van der Waals surface area contributed by atoms with Gasteiger partial charge in [0.05, 0.1) is 30.0 Å². The Hall–Kier alpha value is -3.78. The van der Waals surface area contributed by atoms with Gasteiger partial charge in [0.1, 0.15) is 16.5 Å². The fraction of sp³-hybridized carbons (Fsp3) is 0.0870. The fourth-order valence-corrected chi connectivity index (χ4v) is 4.15. The largest absolute Gasteiger partial charge is 0.465 e. The highest BCUT2D eigenvalue weighted by Crippen LogP contribution is 2.33. The molecule has 0 fully saturated rings. The Labute approximate surface area is 181 Å². The summed E-state index contributed by atoms with van der Waals surface area (Å²) < 4.78 is 24.0. The van der Waals surface area contributed by atoms with Crippen LogP contribution in [-0.2, 0) is 19.1 Å². The zero-order chi connectivity index (χ0) is 22.0. The third-order valence-corrected chi connectivity index (χ3v) is 5.70. The summed E-state index contributed by atoms with van der Waals surface area (Å²) in [5.74, 6) is -1.62. The molecule has 156 valence electrons. The Morgan fingerprint density at radius 3 is 2.45 bits per heavy atom. The van der Waals surface area contributed by atoms with E-state index in [1.165, 1.54) is 43.8 Å². The zero-order valence-electron chi connectivity index (χ0n) is 16.7. The van der Waals surface area contributed by atoms with Gasteiger partial charge in [-0.05, 0) is 54.6 Å². The Bertz CT molecular complexity index is 1260. The second-order valence-corrected chi connectivity index (χ2v) is 7.52. The molecule has 1 aliphatic rings. The summed E-state index contributed by atoms with van der Waals surface area (Å²) in [5.41, 5.74) is 2.33. The predicted molar refractivity (Wildman–Crippen MR) is 117 cm³/mol. The minimum absolute atomic E-state index is 0.0440. The van der Waals surface area contributed by atoms with E-state index in [1.807, 2.05) is 12.1 Å². The van der Waals surface area contributed by atoms with Crippen molar-refractivity contribution >= 4 is 39.2 Å². The molecule has 0 spiro atoms. The maximum atomic E-state index is 13.5. The van der Waals surface area contributed by atoms with Crippen molar-refractivity contribution in [3.63, 3.8) is 0 Å². The van der Waals surface area contributed by atoms with E-state index in [2.05, 4.69) is 4.98 Å². The molecule has 0 bridgehead atoms. The van der Waals surface area contributed by atoms with Gasteiger partial charge in [-0.15, -0.1) is 11.3 Å². The number of hydrogen-bond donors (Lipinski definition) is 0. The maximum absolute atomic E-state index is 13.5. The lowest BCUT2D eigenvalue weighted by atomic mass is 10.1. The Kier molecular flexibility index (Phi) is 5.64. The number of allylic oxidation sites excluding steroid dienone is 2. The van der Waals surface area contributed by atoms with Gasteiger partial charge in [0.25, 0.3) is 0 Å². The van der Waals surface area contributed by atoms with E-state index in [1.54, 1.807) is 41.5 Å². The number of halogens is 1. The standard InChI is InChI=1S/C23H17FN2O4S/c1-29-22(27)17-5-3-4-12-26(20(17)23(28)30-2)16-9-6-14(7-10-16)21-25-18-11-8-15(24)13-19(18)31-21/h3-13H,1-2H3. The first-order valence-electron chi connectivity index (χ1n) is 9.23. The van der Waals surface area contributed by atoms with Crippen LogP contribution in [0.25, 0.3) is 20.8 Å². The number of carbonyl (C=O) groups excluding carboxylic acids is 2. The van der Waals surface area contributed by atoms with E-state index in [9.17, 15) is 14.0 Å². The molecule has 0 N–H and O–H groups in total. The highest BCUT2D eigenvalue weighted by Gasteiger charge is 2.27. The first-order chi connectivity index (χ1) is 15.0. The molecule has 31 heavy (non-hydrogen) atoms. The number of fused-ring (bicyclic) bond motifs is 1. The molecule has 8 heteroatoms. The van der Waals surface area contributed by atoms with Gasteiger partial charge in [0.2, 0.25) is 0 Å². The number of nitrogens with zero attached hydrogens (tertiary/aromatic N) is 2. The van der Waals surface area contributed by atoms with Crippen molar-refractivity contribution < 1.29 is 23.5 Å². The van der Waals surface area contributed by atoms with Crippen molar-refractivity contribution in [3.8, 4) is 10.6 Å². The quantitative estimate of drug-likeness (QED) is 0.557. The first kappa shape index (κ1) is 20.5. The maximum Gasteiger partial charge on any atom is 0.355 e. The van der Waals surface area contributed by atoms with Crippen LogP contribution in [0.3, 0.4) is 0 Å². The Morgan fingerprint density at radius 1 is 1.00 bits per heavy atom. The van der Waals surface area contributed by atoms with Crippen LogP contribution in [-0.4, -0.2) is 31.1 Å². The molecule has 0 aliphatic carbocycles. The van der Waals surface area contributed by atoms with Gasteiger partial charge in [-0.3, -0.25) is 0 Å². The fourth-order valence-electron chi connectivity index (χ4n) is 3.15. The number of rotatable bonds is 4. The smallest absolute Gasteiger partial charge is 0.355 e. The van der Waals surface area contributed by atoms with Crippen molar-refractivity contribution in [1.82, 2.24) is 4.98 Å². The van der Waals surface area contributed by atoms with Gasteiger partial charge in [0, 0.05) is 17.5 Å². The molecule has 4 rings (SSSR count). The van der Waals surface area contributed by atoms with Gasteiger partial charge < -0.3 is 14.4 Å². The lowest BCUT2D eigenvalue weighted by Gasteiger charge is -2.23. The van der Waals surface area contributed by atoms with Gasteiger partial charge >= 0.3 is 11.9 Å². The molecule has 0 radical (unpaired) electrons. The molecule has 2 heterocycles. The van der Waals surface area contributed by atoms with Crippen LogP contribution in [0.2, 0.25) is 0 Å². The number of esters is 2. The molecular formula is C23H17FN2O4S. The van der Waals surface area contributed by atoms with Crippen molar-refractivity contribution in [1.29, 1.82) is 0 Å². The molecule has 1 aromatic heterocycles. The van der Waals surface area contributed by atoms with Crippen molar-refractivity contribution in [3.05, 3.63) is 84.0 Å². The molecule has 0 unspecified atom stereocenters. The van der Waals surface area contributed by atoms with E-state index in [-0.39, 0.29) is 17.1 Å². The Balaban J connectivity index is 1.74. The summed E-state index contributed by atoms with van der Waals surface area (Å²) in [6, 6.07) is 11.8. The highest BCUT2D eigenvalue weighted by atomic mass is 32.1. The van der Waals surface area contributed by atoms with Crippen LogP contribution in [0.15, 0.2) is 78.2 Å². The van der Waals surface area contributed by atoms with Gasteiger partial charge in [-0.2, -0.15) is 0 Å². The molecular weight excluding hydrogens is 419 g/mol. The summed E-state index contributed by atoms with van der Waals surface area (Å²) in [4.78, 5) is 30.9. The van der Waals surface area contributed by atoms with Gasteiger partial charge in [-0.25, -0.2) is 19.0 Å². The average Bonchev–Trinajstić information content (AvgIpc) is 3.08. The summed E-state index contributed by atoms with van der Waals surface area (Å²) in [7, 11) is 2.50. The van der Waals surface area contributed by atoms with E-state index in [4.69, 9.17) is 9.47 Å². The van der Waals surface area contributed by atoms with Crippen LogP contribution < -0.4 is 4.90 Å². The van der Waals surface area contributed by atoms with E-state index in [0.717, 1.165) is 20.8 Å². The number of aromatic nitrogens is 1. The van der Waals surface area contributed by atoms with Gasteiger partial charge in [0.15, 0.2) is 0 Å². The summed E-state index contributed by atoms with van der Waals surface area (Å²) in [6.45, 7) is 0. The zero-order valence-corrected chi connectivity index (χ0v) is 17.5. The van der Waals surface area contributed by atoms with Crippen LogP contribution in [0, 0.1) is 5.82 Å². The number of ether oxygens (including phenoxy) is 2. The first-order valence-corrected chi connectivity index (χ1v) is 10.0. The van der Waals surface area contributed by atoms with Gasteiger partial charge in [-0.1, -0.05) is 6.08 Å². The SMILES string of the molecule is COC(=O)C1=C(C(=O)OC)N(c2ccc(-c3nc4ccc(F)cc4s3)cc2)C=CC=C1. The van der Waals surface area contributed by atoms with Crippen molar-refractivity contribution in [2.75, 3.05) is 19.1 Å². The lowest BCUT2D eigenvalue weighted by molar-refractivity contribution is -0.139. The molecule has 0 saturated heterocycles. The third kappa shape index (κ3) is 3.97. The van der Waals surface area contributed by atoms with E-state index < -0.39 is 11.9 Å². The van der Waals surface area contributed by atoms with E-state index >= 15 is 0 Å². The van der Waals surface area contributed by atoms with Crippen LogP contribution >= 0.6 is 11.3 Å². The minimum Gasteiger partial charge on any atom is -0.465 e. The molecule has 3 aromatic rings. The van der Waals surface area contributed by atoms with Crippen LogP contribution in [0.5, 0.6) is 0 Å². The molecule has 6 nitrogen and oxygen atoms in total. The lowest BCUT2D eigenvalue weighted by Crippen LogP contribution is -2.26. The summed E-state index contributed by atoms with van der Waals surface area (Å²) >= 11 is 1.39. The number of hydrogen-bond acceptors (Lipinski definition) is 7. The number of carbonyl (C=O) groups is 2. The van der Waals surface area contributed by atoms with Crippen LogP contribution in [0.1, 0.15) is 0 Å². The normalized spacial score (nSPS) is 13.5.